The number of aliphatic hydroxyl groups is 1. The first kappa shape index (κ1) is 21.5. The van der Waals surface area contributed by atoms with E-state index >= 15 is 0 Å². The molecule has 0 amide bonds. The summed E-state index contributed by atoms with van der Waals surface area (Å²) in [5, 5.41) is 18.8. The number of carboxylic acid groups (broad SMARTS) is 1. The van der Waals surface area contributed by atoms with E-state index < -0.39 is 5.97 Å². The van der Waals surface area contributed by atoms with Crippen LogP contribution in [0.15, 0.2) is 63.1 Å². The van der Waals surface area contributed by atoms with Crippen LogP contribution in [0.4, 0.5) is 0 Å². The van der Waals surface area contributed by atoms with Gasteiger partial charge in [-0.3, -0.25) is 0 Å². The fraction of sp³-hybridized carbons (Fsp3) is 0.238. The largest absolute Gasteiger partial charge is 0.512 e. The van der Waals surface area contributed by atoms with Crippen molar-refractivity contribution in [1.82, 2.24) is 0 Å². The second-order valence-corrected chi connectivity index (χ2v) is 6.89. The van der Waals surface area contributed by atoms with Crippen LogP contribution in [0.25, 0.3) is 11.1 Å². The summed E-state index contributed by atoms with van der Waals surface area (Å²) in [5.41, 5.74) is 9.23. The van der Waals surface area contributed by atoms with E-state index in [1.165, 1.54) is 11.9 Å². The quantitative estimate of drug-likeness (QED) is 0.254. The number of allylic oxidation sites excluding steroid dienone is 1. The maximum absolute atomic E-state index is 11.3. The molecule has 0 atom stereocenters. The Morgan fingerprint density at radius 2 is 1.86 bits per heavy atom. The fourth-order valence-electron chi connectivity index (χ4n) is 2.44. The summed E-state index contributed by atoms with van der Waals surface area (Å²) in [6, 6.07) is 12.7. The van der Waals surface area contributed by atoms with Gasteiger partial charge < -0.3 is 20.7 Å². The van der Waals surface area contributed by atoms with Gasteiger partial charge in [-0.15, -0.1) is 0 Å². The van der Waals surface area contributed by atoms with Crippen LogP contribution in [-0.2, 0) is 11.3 Å². The predicted octanol–water partition coefficient (Wildman–Crippen LogP) is 4.80. The van der Waals surface area contributed by atoms with E-state index in [1.54, 1.807) is 32.0 Å². The molecule has 0 unspecified atom stereocenters. The van der Waals surface area contributed by atoms with Crippen molar-refractivity contribution in [1.29, 1.82) is 0 Å². The minimum atomic E-state index is -0.981. The Morgan fingerprint density at radius 1 is 1.14 bits per heavy atom. The predicted molar refractivity (Wildman–Crippen MR) is 113 cm³/mol. The zero-order chi connectivity index (χ0) is 20.7. The van der Waals surface area contributed by atoms with E-state index in [0.717, 1.165) is 21.6 Å². The lowest BCUT2D eigenvalue weighted by atomic mass is 9.98. The molecule has 6 nitrogen and oxygen atoms in total. The number of ether oxygens (including phenoxy) is 1. The lowest BCUT2D eigenvalue weighted by Crippen LogP contribution is -2.13. The summed E-state index contributed by atoms with van der Waals surface area (Å²) < 4.78 is 9.84. The number of hydrogen-bond acceptors (Lipinski definition) is 5. The SMILES string of the molecule is CCOCc1cc(C(=O)O)ccc1-c1ccccc1S/N=C(N)\C(C)=C(\C)O. The maximum Gasteiger partial charge on any atom is 0.335 e. The van der Waals surface area contributed by atoms with Gasteiger partial charge in [-0.1, -0.05) is 24.3 Å². The number of rotatable bonds is 8. The number of nitrogens with zero attached hydrogens (tertiary/aromatic N) is 1. The standard InChI is InChI=1S/C21H24N2O4S/c1-4-27-12-16-11-15(21(25)26)9-10-17(16)18-7-5-6-8-19(18)28-23-20(22)13(2)14(3)24/h5-11,24H,4,12H2,1-3H3,(H2,22,23)(H,25,26)/b14-13-. The van der Waals surface area contributed by atoms with Gasteiger partial charge in [0.25, 0.3) is 0 Å². The summed E-state index contributed by atoms with van der Waals surface area (Å²) in [6.45, 7) is 5.98. The van der Waals surface area contributed by atoms with E-state index in [2.05, 4.69) is 4.40 Å². The van der Waals surface area contributed by atoms with Gasteiger partial charge in [-0.2, -0.15) is 4.40 Å². The molecule has 2 rings (SSSR count). The van der Waals surface area contributed by atoms with Crippen molar-refractivity contribution < 1.29 is 19.7 Å². The van der Waals surface area contributed by atoms with Crippen LogP contribution in [0, 0.1) is 0 Å². The smallest absolute Gasteiger partial charge is 0.335 e. The monoisotopic (exact) mass is 400 g/mol. The molecule has 0 bridgehead atoms. The zero-order valence-electron chi connectivity index (χ0n) is 16.1. The second kappa shape index (κ2) is 9.96. The summed E-state index contributed by atoms with van der Waals surface area (Å²) >= 11 is 1.20. The molecule has 0 aliphatic heterocycles. The average molecular weight is 401 g/mol. The van der Waals surface area contributed by atoms with Gasteiger partial charge in [0.05, 0.1) is 17.9 Å². The lowest BCUT2D eigenvalue weighted by Gasteiger charge is -2.14. The Labute approximate surface area is 168 Å². The van der Waals surface area contributed by atoms with Crippen molar-refractivity contribution in [2.24, 2.45) is 10.1 Å². The van der Waals surface area contributed by atoms with Crippen LogP contribution in [0.3, 0.4) is 0 Å². The van der Waals surface area contributed by atoms with Crippen molar-refractivity contribution in [2.45, 2.75) is 32.3 Å². The van der Waals surface area contributed by atoms with Crippen molar-refractivity contribution in [3.63, 3.8) is 0 Å². The van der Waals surface area contributed by atoms with Crippen LogP contribution >= 0.6 is 11.9 Å². The molecule has 0 heterocycles. The molecular formula is C21H24N2O4S. The number of nitrogens with two attached hydrogens (primary N) is 1. The molecule has 0 fully saturated rings. The van der Waals surface area contributed by atoms with Gasteiger partial charge in [-0.25, -0.2) is 4.79 Å². The highest BCUT2D eigenvalue weighted by Crippen LogP contribution is 2.35. The van der Waals surface area contributed by atoms with Gasteiger partial charge in [0.2, 0.25) is 0 Å². The maximum atomic E-state index is 11.3. The van der Waals surface area contributed by atoms with Crippen LogP contribution < -0.4 is 5.73 Å². The molecule has 2 aromatic rings. The molecule has 4 N–H and O–H groups in total. The van der Waals surface area contributed by atoms with Crippen molar-refractivity contribution in [2.75, 3.05) is 6.61 Å². The number of benzene rings is 2. The Balaban J connectivity index is 2.47. The first-order valence-corrected chi connectivity index (χ1v) is 9.53. The summed E-state index contributed by atoms with van der Waals surface area (Å²) in [4.78, 5) is 12.2. The average Bonchev–Trinajstić information content (AvgIpc) is 2.69. The molecule has 2 aromatic carbocycles. The molecule has 0 aliphatic rings. The minimum Gasteiger partial charge on any atom is -0.512 e. The topological polar surface area (TPSA) is 105 Å². The van der Waals surface area contributed by atoms with Gasteiger partial charge in [-0.05, 0) is 55.7 Å². The van der Waals surface area contributed by atoms with Crippen LogP contribution in [0.1, 0.15) is 36.7 Å². The number of hydrogen-bond donors (Lipinski definition) is 3. The molecular weight excluding hydrogens is 376 g/mol. The number of carbonyl (C=O) groups is 1. The van der Waals surface area contributed by atoms with Crippen LogP contribution in [0.2, 0.25) is 0 Å². The first-order valence-electron chi connectivity index (χ1n) is 8.75. The van der Waals surface area contributed by atoms with Gasteiger partial charge in [0, 0.05) is 29.0 Å². The fourth-order valence-corrected chi connectivity index (χ4v) is 3.19. The molecule has 0 radical (unpaired) electrons. The molecule has 148 valence electrons. The van der Waals surface area contributed by atoms with Crippen LogP contribution in [-0.4, -0.2) is 28.6 Å². The Hall–Kier alpha value is -2.77. The Kier molecular flexibility index (Phi) is 7.66. The Bertz CT molecular complexity index is 918. The van der Waals surface area contributed by atoms with Crippen molar-refractivity contribution >= 4 is 23.8 Å². The third kappa shape index (κ3) is 5.37. The third-order valence-electron chi connectivity index (χ3n) is 4.16. The van der Waals surface area contributed by atoms with E-state index in [1.807, 2.05) is 31.2 Å². The van der Waals surface area contributed by atoms with Crippen molar-refractivity contribution in [3.8, 4) is 11.1 Å². The highest BCUT2D eigenvalue weighted by Gasteiger charge is 2.14. The van der Waals surface area contributed by atoms with Crippen molar-refractivity contribution in [3.05, 3.63) is 64.9 Å². The van der Waals surface area contributed by atoms with E-state index in [0.29, 0.717) is 18.8 Å². The van der Waals surface area contributed by atoms with Gasteiger partial charge >= 0.3 is 5.97 Å². The van der Waals surface area contributed by atoms with E-state index in [4.69, 9.17) is 10.5 Å². The van der Waals surface area contributed by atoms with E-state index in [9.17, 15) is 15.0 Å². The molecule has 0 saturated carbocycles. The van der Waals surface area contributed by atoms with Crippen LogP contribution in [0.5, 0.6) is 0 Å². The van der Waals surface area contributed by atoms with E-state index in [-0.39, 0.29) is 17.2 Å². The summed E-state index contributed by atoms with van der Waals surface area (Å²) in [6.07, 6.45) is 0. The number of aromatic carboxylic acids is 1. The highest BCUT2D eigenvalue weighted by molar-refractivity contribution is 7.98. The molecule has 7 heteroatoms. The third-order valence-corrected chi connectivity index (χ3v) is 5.00. The Morgan fingerprint density at radius 3 is 2.50 bits per heavy atom. The van der Waals surface area contributed by atoms with Gasteiger partial charge in [0.1, 0.15) is 5.84 Å². The summed E-state index contributed by atoms with van der Waals surface area (Å²) in [5.74, 6) is -0.611. The number of aliphatic hydroxyl groups excluding tert-OH is 1. The normalized spacial score (nSPS) is 12.6. The molecule has 0 aliphatic carbocycles. The number of carboxylic acids is 1. The highest BCUT2D eigenvalue weighted by atomic mass is 32.2. The molecule has 0 spiro atoms. The first-order chi connectivity index (χ1) is 13.3. The summed E-state index contributed by atoms with van der Waals surface area (Å²) in [7, 11) is 0. The number of amidine groups is 1. The second-order valence-electron chi connectivity index (χ2n) is 6.09. The molecule has 28 heavy (non-hydrogen) atoms. The molecule has 0 aromatic heterocycles. The van der Waals surface area contributed by atoms with Gasteiger partial charge in [0.15, 0.2) is 0 Å². The molecule has 0 saturated heterocycles. The lowest BCUT2D eigenvalue weighted by molar-refractivity contribution is 0.0696. The zero-order valence-corrected chi connectivity index (χ0v) is 16.9. The minimum absolute atomic E-state index is 0.124.